The molecule has 0 fully saturated rings. The molecule has 28 rings (SSSR count). The Morgan fingerprint density at radius 1 is 0.152 bits per heavy atom. The lowest BCUT2D eigenvalue weighted by Crippen LogP contribution is -1.94. The van der Waals surface area contributed by atoms with Gasteiger partial charge in [0.05, 0.1) is 66.2 Å². The molecule has 0 atom stereocenters. The first-order valence-electron chi connectivity index (χ1n) is 45.2. The summed E-state index contributed by atoms with van der Waals surface area (Å²) in [5, 5.41) is 16.9. The van der Waals surface area contributed by atoms with E-state index in [0.717, 1.165) is 123 Å². The van der Waals surface area contributed by atoms with Crippen molar-refractivity contribution in [3.63, 3.8) is 0 Å². The van der Waals surface area contributed by atoms with Gasteiger partial charge >= 0.3 is 0 Å². The van der Waals surface area contributed by atoms with Crippen molar-refractivity contribution in [2.24, 2.45) is 0 Å². The van der Waals surface area contributed by atoms with Crippen LogP contribution in [0.3, 0.4) is 0 Å². The van der Waals surface area contributed by atoms with E-state index >= 15 is 0 Å². The highest BCUT2D eigenvalue weighted by atomic mass is 32.1. The average molecular weight is 1700 g/mol. The second kappa shape index (κ2) is 29.1. The van der Waals surface area contributed by atoms with Gasteiger partial charge in [-0.3, -0.25) is 0 Å². The molecule has 0 unspecified atom stereocenters. The minimum absolute atomic E-state index is 0.810. The van der Waals surface area contributed by atoms with Gasteiger partial charge in [-0.05, 0) is 291 Å². The highest BCUT2D eigenvalue weighted by Gasteiger charge is 2.25. The minimum atomic E-state index is 0.810. The summed E-state index contributed by atoms with van der Waals surface area (Å²) >= 11 is 1.85. The van der Waals surface area contributed by atoms with Crippen LogP contribution in [-0.2, 0) is 0 Å². The molecule has 20 aromatic carbocycles. The molecule has 0 amide bonds. The van der Waals surface area contributed by atoms with Gasteiger partial charge < -0.3 is 31.8 Å². The zero-order valence-electron chi connectivity index (χ0n) is 71.4. The van der Waals surface area contributed by atoms with E-state index in [0.29, 0.717) is 0 Å². The van der Waals surface area contributed by atoms with Crippen LogP contribution < -0.4 is 0 Å². The summed E-state index contributed by atoms with van der Waals surface area (Å²) in [6.45, 7) is 0. The van der Waals surface area contributed by atoms with Gasteiger partial charge in [0.2, 0.25) is 0 Å². The Bertz CT molecular complexity index is 9400. The predicted molar refractivity (Wildman–Crippen MR) is 556 cm³/mol. The number of thiophene rings is 1. The van der Waals surface area contributed by atoms with Crippen molar-refractivity contribution in [3.05, 3.63) is 461 Å². The Labute approximate surface area is 762 Å². The molecule has 132 heavy (non-hydrogen) atoms. The van der Waals surface area contributed by atoms with Crippen LogP contribution in [0.1, 0.15) is 0 Å². The number of para-hydroxylation sites is 7. The molecule has 0 saturated heterocycles. The highest BCUT2D eigenvalue weighted by Crippen LogP contribution is 2.47. The molecule has 0 saturated carbocycles. The molecule has 0 aliphatic rings. The fraction of sp³-hybridized carbons (Fsp3) is 0. The molecular weight excluding hydrogens is 1620 g/mol. The molecule has 0 aliphatic carbocycles. The largest absolute Gasteiger partial charge is 0.456 e. The topological polar surface area (TPSA) is 42.7 Å². The summed E-state index contributed by atoms with van der Waals surface area (Å²) in [4.78, 5) is 1.27. The standard InChI is InChI=1S/C124H76N6OS/c1-4-23-91(24-5-1)125-109-34-15-11-30-97(109)101-67-80(43-56-113(101)125)84-47-60-117-105(71-84)106-72-85(48-61-118(106)129(117)95-54-41-78(42-55-95)124-76-89-21-10-19-38-123(89)132-124)83-46-59-116-104(70-83)100-33-14-18-37-112(100)128(116)94-52-39-77(40-53-94)79-51-64-121-90(65-79)75-122(131-121)88-22-20-29-96(66-88)130-119-62-49-86(81-44-57-114-102(68-81)98-31-12-16-35-110(98)126(114)92-25-6-2-7-26-92)73-107(119)108-74-87(50-63-120(108)130)82-45-58-115-103(69-82)99-32-13-17-36-111(99)127(115)93-27-8-3-9-28-93/h1-76H. The van der Waals surface area contributed by atoms with Crippen LogP contribution in [0.4, 0.5) is 0 Å². The second-order valence-corrected chi connectivity index (χ2v) is 36.2. The zero-order chi connectivity index (χ0) is 86.3. The lowest BCUT2D eigenvalue weighted by molar-refractivity contribution is 0.631. The molecule has 28 aromatic rings. The monoisotopic (exact) mass is 1700 g/mol. The van der Waals surface area contributed by atoms with Crippen molar-refractivity contribution in [1.29, 1.82) is 0 Å². The summed E-state index contributed by atoms with van der Waals surface area (Å²) < 4.78 is 22.7. The number of furan rings is 1. The molecule has 0 radical (unpaired) electrons. The fourth-order valence-corrected chi connectivity index (χ4v) is 22.7. The summed E-state index contributed by atoms with van der Waals surface area (Å²) in [5.41, 5.74) is 35.3. The lowest BCUT2D eigenvalue weighted by Gasteiger charge is -2.11. The predicted octanol–water partition coefficient (Wildman–Crippen LogP) is 33.9. The Morgan fingerprint density at radius 2 is 0.424 bits per heavy atom. The first kappa shape index (κ1) is 73.8. The Hall–Kier alpha value is -17.3. The van der Waals surface area contributed by atoms with Gasteiger partial charge in [-0.1, -0.05) is 237 Å². The maximum Gasteiger partial charge on any atom is 0.135 e. The number of nitrogens with zero attached hydrogens (tertiary/aromatic N) is 6. The van der Waals surface area contributed by atoms with Crippen LogP contribution in [0.2, 0.25) is 0 Å². The van der Waals surface area contributed by atoms with Crippen LogP contribution >= 0.6 is 11.3 Å². The second-order valence-electron chi connectivity index (χ2n) is 35.1. The van der Waals surface area contributed by atoms with E-state index in [1.807, 2.05) is 11.3 Å². The molecule has 0 spiro atoms. The number of aromatic nitrogens is 6. The van der Waals surface area contributed by atoms with E-state index in [4.69, 9.17) is 4.42 Å². The SMILES string of the molecule is c1ccc(-n2c3ccccc3c3cc(-c4ccc5c(c4)c4cc(-c6ccc7c(c6)c6ccccc6n7-c6ccc(-c7ccc8oc(-c9cccc(-n%10c%11ccc(-c%12ccc%13c(c%12)c%12ccccc%12n%13-c%12ccccc%12)cc%11c%11cc(-c%12ccc%13c(c%12)c%12ccccc%12n%13-c%12ccccc%12)ccc%11%10)c9)cc8c7)cc6)ccc4n5-c4ccc(-c5cc6ccccc6s5)cc4)ccc32)cc1. The number of benzene rings is 20. The number of hydrogen-bond acceptors (Lipinski definition) is 2. The van der Waals surface area contributed by atoms with Crippen LogP contribution in [-0.4, -0.2) is 27.4 Å². The minimum Gasteiger partial charge on any atom is -0.456 e. The van der Waals surface area contributed by atoms with Crippen molar-refractivity contribution >= 4 is 163 Å². The Kier molecular flexibility index (Phi) is 16.3. The molecule has 8 heteroatoms. The highest BCUT2D eigenvalue weighted by molar-refractivity contribution is 7.22. The third kappa shape index (κ3) is 11.6. The molecule has 0 aliphatic heterocycles. The fourth-order valence-electron chi connectivity index (χ4n) is 21.6. The normalized spacial score (nSPS) is 12.1. The van der Waals surface area contributed by atoms with Crippen LogP contribution in [0.5, 0.6) is 0 Å². The van der Waals surface area contributed by atoms with Gasteiger partial charge in [0, 0.05) is 119 Å². The maximum atomic E-state index is 6.89. The Balaban J connectivity index is 0.509. The summed E-state index contributed by atoms with van der Waals surface area (Å²) in [6, 6.07) is 171. The van der Waals surface area contributed by atoms with Gasteiger partial charge in [0.25, 0.3) is 0 Å². The quantitative estimate of drug-likeness (QED) is 0.113. The molecule has 7 nitrogen and oxygen atoms in total. The first-order valence-corrected chi connectivity index (χ1v) is 46.0. The molecule has 614 valence electrons. The van der Waals surface area contributed by atoms with Crippen molar-refractivity contribution in [1.82, 2.24) is 27.4 Å². The number of fused-ring (bicyclic) bond motifs is 20. The van der Waals surface area contributed by atoms with E-state index in [9.17, 15) is 0 Å². The average Bonchev–Trinajstić information content (AvgIpc) is 1.58. The van der Waals surface area contributed by atoms with Gasteiger partial charge in [-0.25, -0.2) is 0 Å². The van der Waals surface area contributed by atoms with Gasteiger partial charge in [-0.15, -0.1) is 11.3 Å². The van der Waals surface area contributed by atoms with E-state index < -0.39 is 0 Å². The van der Waals surface area contributed by atoms with Crippen LogP contribution in [0.15, 0.2) is 465 Å². The molecule has 0 N–H and O–H groups in total. The van der Waals surface area contributed by atoms with E-state index in [1.54, 1.807) is 0 Å². The van der Waals surface area contributed by atoms with E-state index in [1.165, 1.54) is 141 Å². The molecule has 0 bridgehead atoms. The summed E-state index contributed by atoms with van der Waals surface area (Å²) in [7, 11) is 0. The zero-order valence-corrected chi connectivity index (χ0v) is 72.2. The third-order valence-corrected chi connectivity index (χ3v) is 29.0. The number of hydrogen-bond donors (Lipinski definition) is 0. The molecular formula is C124H76N6OS. The van der Waals surface area contributed by atoms with E-state index in [-0.39, 0.29) is 0 Å². The van der Waals surface area contributed by atoms with E-state index in [2.05, 4.69) is 488 Å². The summed E-state index contributed by atoms with van der Waals surface area (Å²) in [6.07, 6.45) is 0. The molecule has 8 aromatic heterocycles. The van der Waals surface area contributed by atoms with Crippen LogP contribution in [0.25, 0.3) is 263 Å². The number of rotatable bonds is 13. The molecule has 8 heterocycles. The van der Waals surface area contributed by atoms with Crippen molar-refractivity contribution in [3.8, 4) is 112 Å². The van der Waals surface area contributed by atoms with Gasteiger partial charge in [0.15, 0.2) is 0 Å². The van der Waals surface area contributed by atoms with Crippen molar-refractivity contribution in [2.75, 3.05) is 0 Å². The third-order valence-electron chi connectivity index (χ3n) is 27.8. The van der Waals surface area contributed by atoms with Crippen molar-refractivity contribution in [2.45, 2.75) is 0 Å². The van der Waals surface area contributed by atoms with Crippen LogP contribution in [0, 0.1) is 0 Å². The first-order chi connectivity index (χ1) is 65.4. The van der Waals surface area contributed by atoms with Gasteiger partial charge in [0.1, 0.15) is 11.3 Å². The smallest absolute Gasteiger partial charge is 0.135 e. The summed E-state index contributed by atoms with van der Waals surface area (Å²) in [5.74, 6) is 0.810. The van der Waals surface area contributed by atoms with Crippen molar-refractivity contribution < 1.29 is 4.42 Å². The Morgan fingerprint density at radius 3 is 0.788 bits per heavy atom. The lowest BCUT2D eigenvalue weighted by atomic mass is 9.98. The maximum absolute atomic E-state index is 6.89. The van der Waals surface area contributed by atoms with Gasteiger partial charge in [-0.2, -0.15) is 0 Å².